The average Bonchev–Trinajstić information content (AvgIpc) is 2.42. The Kier molecular flexibility index (Phi) is 18.7. The monoisotopic (exact) mass is 348 g/mol. The van der Waals surface area contributed by atoms with E-state index < -0.39 is 11.9 Å². The first kappa shape index (κ1) is 22.6. The molecule has 0 aliphatic heterocycles. The molecule has 21 heavy (non-hydrogen) atoms. The van der Waals surface area contributed by atoms with Gasteiger partial charge in [0, 0.05) is 19.5 Å². The molecule has 0 saturated carbocycles. The molecule has 118 valence electrons. The largest absolute Gasteiger partial charge is 0.481 e. The zero-order chi connectivity index (χ0) is 15.1. The number of rotatable bonds is 13. The number of aliphatic carboxylic acids is 1. The van der Waals surface area contributed by atoms with Gasteiger partial charge in [0.15, 0.2) is 0 Å². The minimum atomic E-state index is -0.982. The molecule has 4 nitrogen and oxygen atoms in total. The second-order valence-electron chi connectivity index (χ2n) is 5.02. The van der Waals surface area contributed by atoms with Crippen molar-refractivity contribution < 1.29 is 38.9 Å². The Hall–Kier alpha value is -0.697. The van der Waals surface area contributed by atoms with E-state index in [-0.39, 0.29) is 32.3 Å². The third kappa shape index (κ3) is 19.3. The summed E-state index contributed by atoms with van der Waals surface area (Å²) in [6, 6.07) is 0. The molecule has 0 rings (SSSR count). The third-order valence-corrected chi connectivity index (χ3v) is 3.06. The van der Waals surface area contributed by atoms with Gasteiger partial charge < -0.3 is 9.84 Å². The number of allylic oxidation sites excluding steroid dienone is 1. The van der Waals surface area contributed by atoms with E-state index in [4.69, 9.17) is 9.84 Å². The van der Waals surface area contributed by atoms with Crippen LogP contribution in [0.2, 0.25) is 0 Å². The van der Waals surface area contributed by atoms with E-state index in [1.807, 2.05) is 6.08 Å². The van der Waals surface area contributed by atoms with Crippen LogP contribution in [0.1, 0.15) is 77.6 Å². The third-order valence-electron chi connectivity index (χ3n) is 3.06. The van der Waals surface area contributed by atoms with Gasteiger partial charge in [0.1, 0.15) is 0 Å². The summed E-state index contributed by atoms with van der Waals surface area (Å²) >= 11 is 0. The van der Waals surface area contributed by atoms with Crippen molar-refractivity contribution in [1.82, 2.24) is 0 Å². The summed E-state index contributed by atoms with van der Waals surface area (Å²) < 4.78 is 4.78. The van der Waals surface area contributed by atoms with Crippen molar-refractivity contribution in [1.29, 1.82) is 0 Å². The molecule has 0 saturated heterocycles. The number of hydrogen-bond acceptors (Lipinski definition) is 3. The van der Waals surface area contributed by atoms with Crippen LogP contribution in [0.3, 0.4) is 0 Å². The number of ether oxygens (including phenoxy) is 1. The molecular weight excluding hydrogens is 322 g/mol. The smallest absolute Gasteiger partial charge is 0.311 e. The van der Waals surface area contributed by atoms with Gasteiger partial charge in [0.2, 0.25) is 0 Å². The molecule has 0 aliphatic carbocycles. The Bertz CT molecular complexity index is 290. The number of hydrogen-bond donors (Lipinski definition) is 1. The quantitative estimate of drug-likeness (QED) is 0.231. The fraction of sp³-hybridized carbons (Fsp3) is 0.750. The SMILES string of the molecule is CCCCCCCCCCC=COC(=O)CCC(=O)O.[Zn]. The predicted octanol–water partition coefficient (Wildman–Crippen LogP) is 4.44. The van der Waals surface area contributed by atoms with E-state index in [0.29, 0.717) is 0 Å². The molecule has 0 fully saturated rings. The first-order chi connectivity index (χ1) is 9.66. The molecule has 0 aromatic rings. The Morgan fingerprint density at radius 1 is 0.952 bits per heavy atom. The molecule has 0 bridgehead atoms. The Morgan fingerprint density at radius 2 is 1.52 bits per heavy atom. The molecule has 0 atom stereocenters. The maximum Gasteiger partial charge on any atom is 0.311 e. The molecule has 1 N–H and O–H groups in total. The van der Waals surface area contributed by atoms with Crippen LogP contribution in [0.5, 0.6) is 0 Å². The summed E-state index contributed by atoms with van der Waals surface area (Å²) in [5.74, 6) is -1.47. The van der Waals surface area contributed by atoms with E-state index >= 15 is 0 Å². The van der Waals surface area contributed by atoms with Crippen LogP contribution in [-0.2, 0) is 33.8 Å². The molecule has 0 unspecified atom stereocenters. The Labute approximate surface area is 141 Å². The molecule has 0 aromatic carbocycles. The molecule has 5 heteroatoms. The van der Waals surface area contributed by atoms with Crippen molar-refractivity contribution in [2.24, 2.45) is 0 Å². The van der Waals surface area contributed by atoms with Crippen LogP contribution in [0, 0.1) is 0 Å². The maximum atomic E-state index is 11.1. The van der Waals surface area contributed by atoms with Crippen LogP contribution in [0.4, 0.5) is 0 Å². The molecule has 0 heterocycles. The molecule has 0 amide bonds. The molecule has 0 aliphatic rings. The van der Waals surface area contributed by atoms with E-state index in [2.05, 4.69) is 6.92 Å². The minimum Gasteiger partial charge on any atom is -0.481 e. The van der Waals surface area contributed by atoms with E-state index in [9.17, 15) is 9.59 Å². The van der Waals surface area contributed by atoms with Crippen LogP contribution in [0.15, 0.2) is 12.3 Å². The topological polar surface area (TPSA) is 63.6 Å². The van der Waals surface area contributed by atoms with Gasteiger partial charge in [0.05, 0.1) is 19.1 Å². The minimum absolute atomic E-state index is 0. The Morgan fingerprint density at radius 3 is 2.10 bits per heavy atom. The molecular formula is C16H28O4Zn. The van der Waals surface area contributed by atoms with E-state index in [1.165, 1.54) is 51.2 Å². The molecule has 0 spiro atoms. The van der Waals surface area contributed by atoms with Crippen molar-refractivity contribution in [3.05, 3.63) is 12.3 Å². The summed E-state index contributed by atoms with van der Waals surface area (Å²) in [6.07, 6.45) is 14.1. The standard InChI is InChI=1S/C16H28O4.Zn/c1-2-3-4-5-6-7-8-9-10-11-14-20-16(19)13-12-15(17)18;/h11,14H,2-10,12-13H2,1H3,(H,17,18);. The van der Waals surface area contributed by atoms with Gasteiger partial charge in [-0.1, -0.05) is 51.9 Å². The fourth-order valence-corrected chi connectivity index (χ4v) is 1.86. The van der Waals surface area contributed by atoms with Gasteiger partial charge in [-0.25, -0.2) is 0 Å². The summed E-state index contributed by atoms with van der Waals surface area (Å²) in [7, 11) is 0. The Balaban J connectivity index is 0. The summed E-state index contributed by atoms with van der Waals surface area (Å²) in [5.41, 5.74) is 0. The van der Waals surface area contributed by atoms with Crippen LogP contribution in [-0.4, -0.2) is 17.0 Å². The number of carboxylic acid groups (broad SMARTS) is 1. The van der Waals surface area contributed by atoms with Gasteiger partial charge >= 0.3 is 11.9 Å². The maximum absolute atomic E-state index is 11.1. The van der Waals surface area contributed by atoms with Crippen LogP contribution >= 0.6 is 0 Å². The van der Waals surface area contributed by atoms with Gasteiger partial charge in [-0.05, 0) is 18.9 Å². The van der Waals surface area contributed by atoms with Crippen molar-refractivity contribution in [2.45, 2.75) is 77.6 Å². The second-order valence-corrected chi connectivity index (χ2v) is 5.02. The van der Waals surface area contributed by atoms with Crippen molar-refractivity contribution in [3.8, 4) is 0 Å². The van der Waals surface area contributed by atoms with E-state index in [0.717, 1.165) is 12.8 Å². The second kappa shape index (κ2) is 17.4. The first-order valence-corrected chi connectivity index (χ1v) is 7.73. The van der Waals surface area contributed by atoms with Gasteiger partial charge in [-0.2, -0.15) is 0 Å². The summed E-state index contributed by atoms with van der Waals surface area (Å²) in [5, 5.41) is 8.40. The number of carbonyl (C=O) groups is 2. The predicted molar refractivity (Wildman–Crippen MR) is 79.3 cm³/mol. The van der Waals surface area contributed by atoms with Crippen molar-refractivity contribution in [3.63, 3.8) is 0 Å². The normalized spacial score (nSPS) is 10.3. The van der Waals surface area contributed by atoms with Crippen LogP contribution < -0.4 is 0 Å². The number of unbranched alkanes of at least 4 members (excludes halogenated alkanes) is 8. The number of carbonyl (C=O) groups excluding carboxylic acids is 1. The number of esters is 1. The summed E-state index contributed by atoms with van der Waals surface area (Å²) in [4.78, 5) is 21.3. The number of carboxylic acids is 1. The van der Waals surface area contributed by atoms with Gasteiger partial charge in [-0.3, -0.25) is 9.59 Å². The zero-order valence-corrected chi connectivity index (χ0v) is 16.3. The average molecular weight is 350 g/mol. The fourth-order valence-electron chi connectivity index (χ4n) is 1.86. The molecule has 0 aromatic heterocycles. The zero-order valence-electron chi connectivity index (χ0n) is 13.3. The van der Waals surface area contributed by atoms with Crippen molar-refractivity contribution in [2.75, 3.05) is 0 Å². The van der Waals surface area contributed by atoms with Gasteiger partial charge in [-0.15, -0.1) is 0 Å². The van der Waals surface area contributed by atoms with Crippen LogP contribution in [0.25, 0.3) is 0 Å². The summed E-state index contributed by atoms with van der Waals surface area (Å²) in [6.45, 7) is 2.22. The van der Waals surface area contributed by atoms with Gasteiger partial charge in [0.25, 0.3) is 0 Å². The molecule has 0 radical (unpaired) electrons. The van der Waals surface area contributed by atoms with Crippen molar-refractivity contribution >= 4 is 11.9 Å². The van der Waals surface area contributed by atoms with E-state index in [1.54, 1.807) is 0 Å². The first-order valence-electron chi connectivity index (χ1n) is 7.73.